The lowest BCUT2D eigenvalue weighted by Crippen LogP contribution is -1.92. The number of aromatic nitrogens is 2. The molecule has 1 heterocycles. The van der Waals surface area contributed by atoms with Crippen LogP contribution in [-0.4, -0.2) is 16.6 Å². The maximum Gasteiger partial charge on any atom is 0.205 e. The summed E-state index contributed by atoms with van der Waals surface area (Å²) in [6.45, 7) is 2.60. The van der Waals surface area contributed by atoms with Crippen LogP contribution in [0.5, 0.6) is 5.75 Å². The summed E-state index contributed by atoms with van der Waals surface area (Å²) < 4.78 is 5.47. The summed E-state index contributed by atoms with van der Waals surface area (Å²) in [6, 6.07) is 13.3. The van der Waals surface area contributed by atoms with Crippen molar-refractivity contribution in [2.45, 2.75) is 6.92 Å². The highest BCUT2D eigenvalue weighted by molar-refractivity contribution is 6.33. The highest BCUT2D eigenvalue weighted by Gasteiger charge is 2.06. The van der Waals surface area contributed by atoms with Gasteiger partial charge in [0, 0.05) is 6.07 Å². The molecule has 3 rings (SSSR count). The Morgan fingerprint density at radius 1 is 1.25 bits per heavy atom. The third-order valence-electron chi connectivity index (χ3n) is 2.89. The van der Waals surface area contributed by atoms with Gasteiger partial charge in [-0.15, -0.1) is 0 Å². The number of hydrogen-bond donors (Lipinski definition) is 2. The Morgan fingerprint density at radius 2 is 2.10 bits per heavy atom. The van der Waals surface area contributed by atoms with E-state index >= 15 is 0 Å². The molecule has 5 heteroatoms. The number of fused-ring (bicyclic) bond motifs is 1. The maximum absolute atomic E-state index is 6.12. The van der Waals surface area contributed by atoms with Gasteiger partial charge in [-0.1, -0.05) is 23.7 Å². The highest BCUT2D eigenvalue weighted by atomic mass is 35.5. The van der Waals surface area contributed by atoms with E-state index in [9.17, 15) is 0 Å². The van der Waals surface area contributed by atoms with E-state index in [4.69, 9.17) is 16.3 Å². The zero-order valence-corrected chi connectivity index (χ0v) is 11.7. The van der Waals surface area contributed by atoms with E-state index in [1.807, 2.05) is 49.4 Å². The van der Waals surface area contributed by atoms with Crippen LogP contribution in [0.15, 0.2) is 42.5 Å². The zero-order chi connectivity index (χ0) is 13.9. The molecule has 1 aromatic heterocycles. The zero-order valence-electron chi connectivity index (χ0n) is 11.0. The normalized spacial score (nSPS) is 10.7. The number of anilines is 2. The van der Waals surface area contributed by atoms with Gasteiger partial charge in [-0.25, -0.2) is 4.98 Å². The Balaban J connectivity index is 1.91. The molecule has 0 saturated carbocycles. The van der Waals surface area contributed by atoms with Gasteiger partial charge in [0.15, 0.2) is 0 Å². The minimum Gasteiger partial charge on any atom is -0.494 e. The van der Waals surface area contributed by atoms with Gasteiger partial charge in [0.2, 0.25) is 5.95 Å². The molecule has 4 nitrogen and oxygen atoms in total. The molecule has 0 aliphatic heterocycles. The van der Waals surface area contributed by atoms with Crippen LogP contribution in [0.4, 0.5) is 11.6 Å². The highest BCUT2D eigenvalue weighted by Crippen LogP contribution is 2.26. The van der Waals surface area contributed by atoms with E-state index in [1.165, 1.54) is 0 Å². The summed E-state index contributed by atoms with van der Waals surface area (Å²) in [5.74, 6) is 1.48. The Kier molecular flexibility index (Phi) is 3.48. The molecule has 0 aliphatic rings. The molecule has 0 bridgehead atoms. The second kappa shape index (κ2) is 5.43. The number of H-pyrrole nitrogens is 1. The molecule has 0 amide bonds. The molecule has 2 N–H and O–H groups in total. The number of benzene rings is 2. The number of aromatic amines is 1. The van der Waals surface area contributed by atoms with Crippen molar-refractivity contribution in [3.63, 3.8) is 0 Å². The fraction of sp³-hybridized carbons (Fsp3) is 0.133. The van der Waals surface area contributed by atoms with Crippen molar-refractivity contribution in [3.05, 3.63) is 47.5 Å². The van der Waals surface area contributed by atoms with Crippen molar-refractivity contribution in [1.82, 2.24) is 9.97 Å². The first-order chi connectivity index (χ1) is 9.76. The Morgan fingerprint density at radius 3 is 2.90 bits per heavy atom. The van der Waals surface area contributed by atoms with Crippen LogP contribution in [0, 0.1) is 0 Å². The number of nitrogens with zero attached hydrogens (tertiary/aromatic N) is 1. The first kappa shape index (κ1) is 12.8. The van der Waals surface area contributed by atoms with Crippen molar-refractivity contribution < 1.29 is 4.74 Å². The average molecular weight is 288 g/mol. The topological polar surface area (TPSA) is 49.9 Å². The number of hydrogen-bond acceptors (Lipinski definition) is 3. The van der Waals surface area contributed by atoms with Gasteiger partial charge in [-0.3, -0.25) is 0 Å². The predicted molar refractivity (Wildman–Crippen MR) is 82.0 cm³/mol. The van der Waals surface area contributed by atoms with Gasteiger partial charge in [-0.2, -0.15) is 0 Å². The first-order valence-electron chi connectivity index (χ1n) is 6.40. The SMILES string of the molecule is CCOc1ccc2nc(Nc3ccccc3Cl)[nH]c2c1. The number of halogens is 1. The van der Waals surface area contributed by atoms with Gasteiger partial charge in [0.25, 0.3) is 0 Å². The third kappa shape index (κ3) is 2.56. The molecule has 0 aliphatic carbocycles. The second-order valence-corrected chi connectivity index (χ2v) is 4.71. The number of rotatable bonds is 4. The molecule has 0 spiro atoms. The molecule has 0 radical (unpaired) electrons. The molecular weight excluding hydrogens is 274 g/mol. The molecule has 0 fully saturated rings. The quantitative estimate of drug-likeness (QED) is 0.749. The minimum absolute atomic E-state index is 0.643. The van der Waals surface area contributed by atoms with E-state index < -0.39 is 0 Å². The Labute approximate surface area is 121 Å². The summed E-state index contributed by atoms with van der Waals surface area (Å²) >= 11 is 6.12. The van der Waals surface area contributed by atoms with E-state index in [2.05, 4.69) is 15.3 Å². The summed E-state index contributed by atoms with van der Waals surface area (Å²) in [7, 11) is 0. The molecule has 20 heavy (non-hydrogen) atoms. The first-order valence-corrected chi connectivity index (χ1v) is 6.78. The molecular formula is C15H14ClN3O. The molecule has 0 atom stereocenters. The van der Waals surface area contributed by atoms with Crippen LogP contribution in [0.1, 0.15) is 6.92 Å². The number of para-hydroxylation sites is 1. The Hall–Kier alpha value is -2.20. The molecule has 2 aromatic carbocycles. The monoisotopic (exact) mass is 287 g/mol. The largest absolute Gasteiger partial charge is 0.494 e. The lowest BCUT2D eigenvalue weighted by molar-refractivity contribution is 0.340. The lowest BCUT2D eigenvalue weighted by Gasteiger charge is -2.03. The number of imidazole rings is 1. The second-order valence-electron chi connectivity index (χ2n) is 4.30. The van der Waals surface area contributed by atoms with Gasteiger partial charge in [-0.05, 0) is 31.2 Å². The van der Waals surface area contributed by atoms with Gasteiger partial charge >= 0.3 is 0 Å². The maximum atomic E-state index is 6.12. The summed E-state index contributed by atoms with van der Waals surface area (Å²) in [5, 5.41) is 3.83. The summed E-state index contributed by atoms with van der Waals surface area (Å²) in [5.41, 5.74) is 2.62. The standard InChI is InChI=1S/C15H14ClN3O/c1-2-20-10-7-8-13-14(9-10)19-15(18-13)17-12-6-4-3-5-11(12)16/h3-9H,2H2,1H3,(H2,17,18,19). The molecule has 0 unspecified atom stereocenters. The molecule has 102 valence electrons. The lowest BCUT2D eigenvalue weighted by atomic mass is 10.3. The summed E-state index contributed by atoms with van der Waals surface area (Å²) in [4.78, 5) is 7.68. The van der Waals surface area contributed by atoms with Crippen LogP contribution >= 0.6 is 11.6 Å². The van der Waals surface area contributed by atoms with Gasteiger partial charge in [0.05, 0.1) is 28.4 Å². The fourth-order valence-corrected chi connectivity index (χ4v) is 2.18. The van der Waals surface area contributed by atoms with E-state index in [0.717, 1.165) is 22.5 Å². The Bertz CT molecular complexity index is 739. The van der Waals surface area contributed by atoms with Crippen LogP contribution in [0.25, 0.3) is 11.0 Å². The van der Waals surface area contributed by atoms with Crippen LogP contribution < -0.4 is 10.1 Å². The van der Waals surface area contributed by atoms with Crippen molar-refractivity contribution in [1.29, 1.82) is 0 Å². The summed E-state index contributed by atoms with van der Waals surface area (Å²) in [6.07, 6.45) is 0. The predicted octanol–water partition coefficient (Wildman–Crippen LogP) is 4.36. The van der Waals surface area contributed by atoms with Crippen LogP contribution in [0.2, 0.25) is 5.02 Å². The fourth-order valence-electron chi connectivity index (χ4n) is 1.99. The molecule has 0 saturated heterocycles. The van der Waals surface area contributed by atoms with Crippen molar-refractivity contribution in [2.24, 2.45) is 0 Å². The smallest absolute Gasteiger partial charge is 0.205 e. The van der Waals surface area contributed by atoms with Crippen molar-refractivity contribution in [2.75, 3.05) is 11.9 Å². The minimum atomic E-state index is 0.643. The van der Waals surface area contributed by atoms with Crippen molar-refractivity contribution >= 4 is 34.3 Å². The molecule has 3 aromatic rings. The van der Waals surface area contributed by atoms with Crippen LogP contribution in [0.3, 0.4) is 0 Å². The number of nitrogens with one attached hydrogen (secondary N) is 2. The third-order valence-corrected chi connectivity index (χ3v) is 3.22. The number of ether oxygens (including phenoxy) is 1. The van der Waals surface area contributed by atoms with Crippen molar-refractivity contribution in [3.8, 4) is 5.75 Å². The van der Waals surface area contributed by atoms with E-state index in [1.54, 1.807) is 0 Å². The van der Waals surface area contributed by atoms with E-state index in [0.29, 0.717) is 17.6 Å². The average Bonchev–Trinajstić information content (AvgIpc) is 2.83. The van der Waals surface area contributed by atoms with Gasteiger partial charge < -0.3 is 15.0 Å². The van der Waals surface area contributed by atoms with E-state index in [-0.39, 0.29) is 0 Å². The van der Waals surface area contributed by atoms with Crippen LogP contribution in [-0.2, 0) is 0 Å². The van der Waals surface area contributed by atoms with Gasteiger partial charge in [0.1, 0.15) is 5.75 Å².